The number of aliphatic hydroxyl groups is 4. The Balaban J connectivity index is 1.46. The van der Waals surface area contributed by atoms with Crippen LogP contribution in [0.4, 0.5) is 0 Å². The molecule has 386 valence electrons. The largest absolute Gasteiger partial charge is 0.459 e. The van der Waals surface area contributed by atoms with Crippen molar-refractivity contribution in [2.24, 2.45) is 23.7 Å². The second-order valence-corrected chi connectivity index (χ2v) is 20.7. The van der Waals surface area contributed by atoms with Crippen molar-refractivity contribution >= 4 is 11.8 Å². The molecule has 16 nitrogen and oxygen atoms in total. The lowest BCUT2D eigenvalue weighted by molar-refractivity contribution is -0.319. The summed E-state index contributed by atoms with van der Waals surface area (Å²) in [6, 6.07) is 10.4. The van der Waals surface area contributed by atoms with E-state index < -0.39 is 108 Å². The maximum atomic E-state index is 14.4. The summed E-state index contributed by atoms with van der Waals surface area (Å²) in [6.07, 6.45) is -7.27. The maximum absolute atomic E-state index is 14.4. The number of cyclic esters (lactones) is 1. The molecule has 3 aliphatic heterocycles. The summed E-state index contributed by atoms with van der Waals surface area (Å²) < 4.78 is 46.3. The number of carbonyl (C=O) groups excluding carboxylic acids is 2. The lowest BCUT2D eigenvalue weighted by Crippen LogP contribution is -2.61. The third kappa shape index (κ3) is 12.7. The molecule has 3 saturated heterocycles. The van der Waals surface area contributed by atoms with E-state index in [4.69, 9.17) is 33.2 Å². The Morgan fingerprint density at radius 2 is 1.51 bits per heavy atom. The summed E-state index contributed by atoms with van der Waals surface area (Å²) in [6.45, 7) is 19.5. The predicted octanol–water partition coefficient (Wildman–Crippen LogP) is 4.71. The Morgan fingerprint density at radius 1 is 0.855 bits per heavy atom. The molecule has 0 radical (unpaired) electrons. The van der Waals surface area contributed by atoms with E-state index >= 15 is 0 Å². The minimum absolute atomic E-state index is 0.0672. The van der Waals surface area contributed by atoms with Crippen molar-refractivity contribution in [1.29, 1.82) is 0 Å². The minimum atomic E-state index is -2.00. The number of rotatable bonds is 11. The third-order valence-corrected chi connectivity index (χ3v) is 15.2. The average molecular weight is 969 g/mol. The Bertz CT molecular complexity index is 2150. The summed E-state index contributed by atoms with van der Waals surface area (Å²) in [5.74, 6) is 1.73. The quantitative estimate of drug-likeness (QED) is 0.178. The number of hydrogen-bond donors (Lipinski definition) is 4. The topological polar surface area (TPSA) is 205 Å². The molecule has 5 rings (SSSR count). The zero-order valence-electron chi connectivity index (χ0n) is 43.2. The van der Waals surface area contributed by atoms with Crippen LogP contribution in [0.25, 0.3) is 5.69 Å². The van der Waals surface area contributed by atoms with Crippen molar-refractivity contribution in [1.82, 2.24) is 9.47 Å². The van der Waals surface area contributed by atoms with Gasteiger partial charge in [0.25, 0.3) is 5.56 Å². The summed E-state index contributed by atoms with van der Waals surface area (Å²) >= 11 is 0. The normalized spacial score (nSPS) is 39.6. The number of aromatic nitrogens is 1. The van der Waals surface area contributed by atoms with Gasteiger partial charge in [0.2, 0.25) is 0 Å². The number of aryl methyl sites for hydroxylation is 1. The fraction of sp³-hybridized carbons (Fsp3) is 0.717. The van der Waals surface area contributed by atoms with Gasteiger partial charge in [-0.3, -0.25) is 23.9 Å². The van der Waals surface area contributed by atoms with E-state index in [0.717, 1.165) is 16.8 Å². The Hall–Kier alpha value is -3.57. The van der Waals surface area contributed by atoms with Gasteiger partial charge in [0.05, 0.1) is 47.6 Å². The number of ketones is 1. The first-order chi connectivity index (χ1) is 32.3. The number of hydrogen-bond acceptors (Lipinski definition) is 15. The number of benzene rings is 1. The van der Waals surface area contributed by atoms with Gasteiger partial charge in [-0.1, -0.05) is 45.6 Å². The van der Waals surface area contributed by atoms with Crippen LogP contribution in [-0.4, -0.2) is 154 Å². The van der Waals surface area contributed by atoms with Gasteiger partial charge in [-0.2, -0.15) is 0 Å². The van der Waals surface area contributed by atoms with Gasteiger partial charge in [0.1, 0.15) is 29.7 Å². The lowest BCUT2D eigenvalue weighted by atomic mass is 9.74. The van der Waals surface area contributed by atoms with E-state index in [0.29, 0.717) is 19.4 Å². The lowest BCUT2D eigenvalue weighted by Gasteiger charge is -2.50. The SMILES string of the molecule is CCC1OC(=O)[C@H](C)[C@H](OC2C[C@@](C)(OC)[C@@H](O)[C@H](C)O2)[C@H](C)[C@@H](OC2O[C@H](C)C[C@H](N(C)CCC#Cc3ccc(-n4cc(C)ccc4=O)cc3)[C@H]2O)[C@@](C)(OC)C[C@@H](C)C(=O)C(C)[C@@H](O)[C@]1(C)O. The molecule has 3 fully saturated rings. The van der Waals surface area contributed by atoms with Crippen molar-refractivity contribution in [2.75, 3.05) is 27.8 Å². The highest BCUT2D eigenvalue weighted by molar-refractivity contribution is 5.83. The van der Waals surface area contributed by atoms with Crippen molar-refractivity contribution in [3.8, 4) is 17.5 Å². The number of esters is 1. The van der Waals surface area contributed by atoms with Crippen LogP contribution in [0.2, 0.25) is 0 Å². The first-order valence-corrected chi connectivity index (χ1v) is 24.5. The first kappa shape index (κ1) is 56.3. The Morgan fingerprint density at radius 3 is 2.13 bits per heavy atom. The molecule has 1 aromatic heterocycles. The van der Waals surface area contributed by atoms with Gasteiger partial charge in [-0.25, -0.2) is 0 Å². The number of nitrogens with zero attached hydrogens (tertiary/aromatic N) is 2. The first-order valence-electron chi connectivity index (χ1n) is 24.5. The highest BCUT2D eigenvalue weighted by Crippen LogP contribution is 2.42. The van der Waals surface area contributed by atoms with E-state index in [1.807, 2.05) is 57.0 Å². The summed E-state index contributed by atoms with van der Waals surface area (Å²) in [7, 11) is 4.92. The van der Waals surface area contributed by atoms with Crippen molar-refractivity contribution in [2.45, 2.75) is 193 Å². The molecule has 4 heterocycles. The molecule has 0 aliphatic carbocycles. The van der Waals surface area contributed by atoms with Gasteiger partial charge >= 0.3 is 5.97 Å². The number of aliphatic hydroxyl groups excluding tert-OH is 3. The Labute approximate surface area is 408 Å². The van der Waals surface area contributed by atoms with E-state index in [-0.39, 0.29) is 36.7 Å². The van der Waals surface area contributed by atoms with Crippen molar-refractivity contribution in [3.05, 3.63) is 64.1 Å². The third-order valence-electron chi connectivity index (χ3n) is 15.2. The van der Waals surface area contributed by atoms with Gasteiger partial charge in [-0.15, -0.1) is 0 Å². The minimum Gasteiger partial charge on any atom is -0.459 e. The highest BCUT2D eigenvalue weighted by Gasteiger charge is 2.54. The summed E-state index contributed by atoms with van der Waals surface area (Å²) in [5.41, 5.74) is -1.99. The molecule has 1 aromatic carbocycles. The molecule has 0 amide bonds. The standard InChI is InChI=1S/C53H80N2O14/c1-15-40-53(11,62)46(59)33(5)43(57)31(3)27-52(10,64-14)48(34(6)45(35(7)49(61)67-40)68-42-28-51(9,63-13)47(60)36(8)66-42)69-50-44(58)39(26-32(4)65-50)54(12)25-17-16-18-37-20-22-38(23-21-37)55-29-30(2)19-24-41(55)56/h19-24,29,31-36,39-40,42,44-48,50,58-60,62H,15,17,25-28H2,1-14H3/t31-,32-,33?,34+,35-,36+,39+,40?,42?,44-,45-,46-,47+,48-,50?,51-,52+,53-/m1/s1. The molecule has 0 spiro atoms. The molecule has 4 unspecified atom stereocenters. The summed E-state index contributed by atoms with van der Waals surface area (Å²) in [5, 5.41) is 46.6. The predicted molar refractivity (Wildman–Crippen MR) is 258 cm³/mol. The monoisotopic (exact) mass is 969 g/mol. The smallest absolute Gasteiger partial charge is 0.311 e. The molecule has 16 heteroatoms. The van der Waals surface area contributed by atoms with E-state index in [1.54, 1.807) is 71.4 Å². The van der Waals surface area contributed by atoms with E-state index in [1.165, 1.54) is 21.1 Å². The average Bonchev–Trinajstić information content (AvgIpc) is 3.32. The fourth-order valence-electron chi connectivity index (χ4n) is 10.6. The van der Waals surface area contributed by atoms with Crippen LogP contribution in [0.1, 0.15) is 112 Å². The van der Waals surface area contributed by atoms with Crippen LogP contribution in [0.5, 0.6) is 0 Å². The molecule has 18 atom stereocenters. The molecule has 0 saturated carbocycles. The number of Topliss-reactive ketones (excluding diaryl/α,β-unsaturated/α-hetero) is 1. The number of methoxy groups -OCH3 is 2. The molecular formula is C53H80N2O14. The Kier molecular flexibility index (Phi) is 19.0. The van der Waals surface area contributed by atoms with Crippen LogP contribution in [0.3, 0.4) is 0 Å². The van der Waals surface area contributed by atoms with Gasteiger partial charge in [0.15, 0.2) is 12.6 Å². The van der Waals surface area contributed by atoms with Crippen molar-refractivity contribution in [3.63, 3.8) is 0 Å². The fourth-order valence-corrected chi connectivity index (χ4v) is 10.6. The molecule has 4 N–H and O–H groups in total. The number of ether oxygens (including phenoxy) is 7. The van der Waals surface area contributed by atoms with Gasteiger partial charge in [-0.05, 0) is 105 Å². The number of pyridine rings is 1. The van der Waals surface area contributed by atoms with E-state index in [2.05, 4.69) is 11.8 Å². The van der Waals surface area contributed by atoms with Crippen molar-refractivity contribution < 1.29 is 63.2 Å². The number of likely N-dealkylation sites (N-methyl/N-ethyl adjacent to an activating group) is 1. The van der Waals surface area contributed by atoms with E-state index in [9.17, 15) is 34.8 Å². The highest BCUT2D eigenvalue weighted by atomic mass is 16.7. The molecule has 2 aromatic rings. The van der Waals surface area contributed by atoms with Crippen LogP contribution < -0.4 is 5.56 Å². The second kappa shape index (κ2) is 23.3. The molecular weight excluding hydrogens is 889 g/mol. The van der Waals surface area contributed by atoms with Crippen LogP contribution in [0, 0.1) is 42.4 Å². The van der Waals surface area contributed by atoms with Crippen LogP contribution in [0.15, 0.2) is 47.4 Å². The zero-order chi connectivity index (χ0) is 51.3. The second-order valence-electron chi connectivity index (χ2n) is 20.7. The zero-order valence-corrected chi connectivity index (χ0v) is 43.2. The maximum Gasteiger partial charge on any atom is 0.311 e. The number of carbonyl (C=O) groups is 2. The van der Waals surface area contributed by atoms with Crippen LogP contribution >= 0.6 is 0 Å². The van der Waals surface area contributed by atoms with Gasteiger partial charge in [0, 0.05) is 80.9 Å². The molecule has 69 heavy (non-hydrogen) atoms. The molecule has 0 bridgehead atoms. The molecule has 3 aliphatic rings. The van der Waals surface area contributed by atoms with Crippen LogP contribution in [-0.2, 0) is 42.7 Å². The van der Waals surface area contributed by atoms with Gasteiger partial charge < -0.3 is 53.6 Å². The summed E-state index contributed by atoms with van der Waals surface area (Å²) in [4.78, 5) is 43.1.